The highest BCUT2D eigenvalue weighted by atomic mass is 19.1. The molecule has 1 unspecified atom stereocenters. The number of morpholine rings is 1. The highest BCUT2D eigenvalue weighted by molar-refractivity contribution is 6.08. The van der Waals surface area contributed by atoms with Gasteiger partial charge in [-0.25, -0.2) is 4.39 Å². The van der Waals surface area contributed by atoms with E-state index in [0.717, 1.165) is 71.5 Å². The smallest absolute Gasteiger partial charge is 0.257 e. The van der Waals surface area contributed by atoms with Gasteiger partial charge in [-0.15, -0.1) is 10.2 Å². The van der Waals surface area contributed by atoms with Crippen molar-refractivity contribution >= 4 is 16.8 Å². The molecule has 3 aromatic heterocycles. The van der Waals surface area contributed by atoms with Gasteiger partial charge in [-0.05, 0) is 80.0 Å². The molecular formula is C37H35FN6O4. The molecule has 1 amide bonds. The SMILES string of the molecule is Cc1nnc(-c2c(CCC3CCOCC3)nc3c(c2-c2ccc4c(ccn4C(C)c4ccc(C#N)c(F)c4)c2)C(=O)N2CCOC[C@H]32)o1. The number of carbonyl (C=O) groups is 1. The average Bonchev–Trinajstić information content (AvgIpc) is 3.82. The molecule has 2 saturated heterocycles. The molecule has 0 spiro atoms. The number of aryl methyl sites for hydroxylation is 2. The maximum atomic E-state index is 14.5. The zero-order valence-electron chi connectivity index (χ0n) is 26.9. The summed E-state index contributed by atoms with van der Waals surface area (Å²) in [6, 6.07) is 14.4. The first kappa shape index (κ1) is 30.4. The Labute approximate surface area is 277 Å². The van der Waals surface area contributed by atoms with Crippen LogP contribution in [0.15, 0.2) is 53.1 Å². The Balaban J connectivity index is 1.28. The Morgan fingerprint density at radius 2 is 1.90 bits per heavy atom. The van der Waals surface area contributed by atoms with Crippen LogP contribution in [0.25, 0.3) is 33.5 Å². The van der Waals surface area contributed by atoms with E-state index >= 15 is 0 Å². The molecule has 244 valence electrons. The maximum absolute atomic E-state index is 14.5. The van der Waals surface area contributed by atoms with Crippen LogP contribution in [0.3, 0.4) is 0 Å². The Morgan fingerprint density at radius 3 is 2.67 bits per heavy atom. The summed E-state index contributed by atoms with van der Waals surface area (Å²) in [6.07, 6.45) is 5.63. The Hall–Kier alpha value is -4.92. The minimum Gasteiger partial charge on any atom is -0.421 e. The van der Waals surface area contributed by atoms with Gasteiger partial charge in [-0.3, -0.25) is 9.78 Å². The third kappa shape index (κ3) is 5.16. The van der Waals surface area contributed by atoms with E-state index in [2.05, 4.69) is 20.8 Å². The van der Waals surface area contributed by atoms with Gasteiger partial charge < -0.3 is 23.4 Å². The standard InChI is InChI=1S/C37H35FN6O4/c1-21(24-4-5-27(19-39)28(38)18-24)43-12-9-25-17-26(6-8-30(25)43)32-33(36-42-41-22(2)48-36)29(7-3-23-10-14-46-15-11-23)40-35-31-20-47-16-13-44(31)37(45)34(32)35/h4-6,8-9,12,17-18,21,23,31H,3,7,10-11,13-16,20H2,1-2H3/t21?,31-/m1/s1. The van der Waals surface area contributed by atoms with E-state index in [-0.39, 0.29) is 23.6 Å². The summed E-state index contributed by atoms with van der Waals surface area (Å²) in [6.45, 7) is 6.69. The van der Waals surface area contributed by atoms with Crippen molar-refractivity contribution in [3.05, 3.63) is 88.4 Å². The number of pyridine rings is 1. The molecular weight excluding hydrogens is 611 g/mol. The number of nitrogens with zero attached hydrogens (tertiary/aromatic N) is 6. The average molecular weight is 647 g/mol. The fraction of sp³-hybridized carbons (Fsp3) is 0.378. The van der Waals surface area contributed by atoms with E-state index in [9.17, 15) is 14.4 Å². The van der Waals surface area contributed by atoms with Gasteiger partial charge >= 0.3 is 0 Å². The number of rotatable bonds is 7. The minimum absolute atomic E-state index is 0.0227. The van der Waals surface area contributed by atoms with Gasteiger partial charge in [0.25, 0.3) is 5.91 Å². The quantitative estimate of drug-likeness (QED) is 0.195. The predicted octanol–water partition coefficient (Wildman–Crippen LogP) is 6.57. The Bertz CT molecular complexity index is 2090. The molecule has 10 nitrogen and oxygen atoms in total. The summed E-state index contributed by atoms with van der Waals surface area (Å²) >= 11 is 0. The Morgan fingerprint density at radius 1 is 1.04 bits per heavy atom. The molecule has 3 aliphatic heterocycles. The highest BCUT2D eigenvalue weighted by Gasteiger charge is 2.44. The van der Waals surface area contributed by atoms with Crippen LogP contribution >= 0.6 is 0 Å². The fourth-order valence-electron chi connectivity index (χ4n) is 7.50. The van der Waals surface area contributed by atoms with E-state index < -0.39 is 5.82 Å². The van der Waals surface area contributed by atoms with Crippen LogP contribution in [-0.2, 0) is 15.9 Å². The molecule has 2 aromatic carbocycles. The third-order valence-corrected chi connectivity index (χ3v) is 10.1. The normalized spacial score (nSPS) is 18.6. The minimum atomic E-state index is -0.532. The lowest BCUT2D eigenvalue weighted by Gasteiger charge is -2.29. The van der Waals surface area contributed by atoms with Crippen LogP contribution in [-0.4, -0.2) is 63.5 Å². The van der Waals surface area contributed by atoms with Crippen LogP contribution in [0.1, 0.15) is 77.0 Å². The number of ether oxygens (including phenoxy) is 2. The molecule has 0 bridgehead atoms. The maximum Gasteiger partial charge on any atom is 0.257 e. The number of aromatic nitrogens is 4. The lowest BCUT2D eigenvalue weighted by Crippen LogP contribution is -2.38. The molecule has 48 heavy (non-hydrogen) atoms. The lowest BCUT2D eigenvalue weighted by atomic mass is 9.88. The van der Waals surface area contributed by atoms with Crippen molar-refractivity contribution in [3.63, 3.8) is 0 Å². The number of hydrogen-bond acceptors (Lipinski definition) is 8. The van der Waals surface area contributed by atoms with Crippen molar-refractivity contribution in [1.82, 2.24) is 24.6 Å². The van der Waals surface area contributed by atoms with Gasteiger partial charge in [0.15, 0.2) is 0 Å². The Kier molecular flexibility index (Phi) is 7.77. The van der Waals surface area contributed by atoms with Gasteiger partial charge in [-0.1, -0.05) is 12.1 Å². The highest BCUT2D eigenvalue weighted by Crippen LogP contribution is 2.46. The largest absolute Gasteiger partial charge is 0.421 e. The second-order valence-corrected chi connectivity index (χ2v) is 12.9. The summed E-state index contributed by atoms with van der Waals surface area (Å²) in [5.74, 6) is 0.708. The van der Waals surface area contributed by atoms with E-state index in [1.54, 1.807) is 13.0 Å². The number of fused-ring (bicyclic) bond motifs is 4. The molecule has 3 aliphatic rings. The first-order chi connectivity index (χ1) is 23.4. The molecule has 2 fully saturated rings. The number of halogens is 1. The van der Waals surface area contributed by atoms with E-state index in [4.69, 9.17) is 18.9 Å². The molecule has 0 saturated carbocycles. The second-order valence-electron chi connectivity index (χ2n) is 12.9. The lowest BCUT2D eigenvalue weighted by molar-refractivity contribution is 0.00352. The monoisotopic (exact) mass is 646 g/mol. The number of nitriles is 1. The van der Waals surface area contributed by atoms with Gasteiger partial charge in [0.1, 0.15) is 11.9 Å². The van der Waals surface area contributed by atoms with E-state index in [1.165, 1.54) is 12.1 Å². The molecule has 2 atom stereocenters. The topological polar surface area (TPSA) is 119 Å². The first-order valence-corrected chi connectivity index (χ1v) is 16.6. The number of amides is 1. The van der Waals surface area contributed by atoms with Crippen LogP contribution in [0, 0.1) is 30.0 Å². The van der Waals surface area contributed by atoms with Gasteiger partial charge in [0.05, 0.1) is 53.4 Å². The zero-order valence-corrected chi connectivity index (χ0v) is 26.9. The molecule has 0 N–H and O–H groups in total. The van der Waals surface area contributed by atoms with Crippen molar-refractivity contribution in [1.29, 1.82) is 5.26 Å². The third-order valence-electron chi connectivity index (χ3n) is 10.1. The van der Waals surface area contributed by atoms with Gasteiger partial charge in [0, 0.05) is 49.3 Å². The molecule has 11 heteroatoms. The summed E-state index contributed by atoms with van der Waals surface area (Å²) in [5, 5.41) is 18.8. The first-order valence-electron chi connectivity index (χ1n) is 16.6. The predicted molar refractivity (Wildman–Crippen MR) is 175 cm³/mol. The van der Waals surface area contributed by atoms with Gasteiger partial charge in [-0.2, -0.15) is 5.26 Å². The second kappa shape index (κ2) is 12.3. The van der Waals surface area contributed by atoms with Crippen LogP contribution in [0.2, 0.25) is 0 Å². The molecule has 8 rings (SSSR count). The van der Waals surface area contributed by atoms with Crippen molar-refractivity contribution in [3.8, 4) is 28.7 Å². The molecule has 5 aromatic rings. The summed E-state index contributed by atoms with van der Waals surface area (Å²) in [5.41, 5.74) is 6.18. The van der Waals surface area contributed by atoms with Crippen LogP contribution in [0.4, 0.5) is 4.39 Å². The summed E-state index contributed by atoms with van der Waals surface area (Å²) in [4.78, 5) is 21.3. The van der Waals surface area contributed by atoms with E-state index in [1.807, 2.05) is 42.3 Å². The number of hydrogen-bond donors (Lipinski definition) is 0. The summed E-state index contributed by atoms with van der Waals surface area (Å²) in [7, 11) is 0. The number of benzene rings is 2. The summed E-state index contributed by atoms with van der Waals surface area (Å²) < 4.78 is 34.2. The van der Waals surface area contributed by atoms with Crippen LogP contribution in [0.5, 0.6) is 0 Å². The van der Waals surface area contributed by atoms with Crippen molar-refractivity contribution in [2.45, 2.75) is 51.6 Å². The van der Waals surface area contributed by atoms with Crippen molar-refractivity contribution in [2.75, 3.05) is 33.0 Å². The van der Waals surface area contributed by atoms with Gasteiger partial charge in [0.2, 0.25) is 11.8 Å². The van der Waals surface area contributed by atoms with E-state index in [0.29, 0.717) is 55.0 Å². The molecule has 6 heterocycles. The fourth-order valence-corrected chi connectivity index (χ4v) is 7.50. The van der Waals surface area contributed by atoms with Crippen molar-refractivity contribution < 1.29 is 23.1 Å². The molecule has 0 aliphatic carbocycles. The zero-order chi connectivity index (χ0) is 32.9. The van der Waals surface area contributed by atoms with Crippen LogP contribution < -0.4 is 0 Å². The molecule has 0 radical (unpaired) electrons. The number of carbonyl (C=O) groups excluding carboxylic acids is 1. The van der Waals surface area contributed by atoms with Crippen molar-refractivity contribution in [2.24, 2.45) is 5.92 Å².